The molecule has 2 heterocycles. The van der Waals surface area contributed by atoms with Gasteiger partial charge in [-0.05, 0) is 71.1 Å². The molecule has 11 atom stereocenters. The quantitative estimate of drug-likeness (QED) is 0.0162. The molecule has 2 rings (SSSR count). The van der Waals surface area contributed by atoms with Crippen LogP contribution >= 0.6 is 0 Å². The monoisotopic (exact) mass is 1150 g/mol. The Labute approximate surface area is 465 Å². The van der Waals surface area contributed by atoms with Crippen molar-refractivity contribution in [1.29, 1.82) is 0 Å². The van der Waals surface area contributed by atoms with Gasteiger partial charge in [0.05, 0.1) is 38.1 Å². The van der Waals surface area contributed by atoms with Crippen LogP contribution in [-0.4, -0.2) is 213 Å². The summed E-state index contributed by atoms with van der Waals surface area (Å²) in [5, 5.41) is 46.9. The van der Waals surface area contributed by atoms with Gasteiger partial charge in [-0.25, -0.2) is 4.79 Å². The van der Waals surface area contributed by atoms with Gasteiger partial charge in [-0.15, -0.1) is 0 Å². The van der Waals surface area contributed by atoms with E-state index in [4.69, 9.17) is 39.5 Å². The number of aliphatic hydroxyl groups is 2. The van der Waals surface area contributed by atoms with Crippen molar-refractivity contribution in [2.45, 2.75) is 165 Å². The average Bonchev–Trinajstić information content (AvgIpc) is 4.09. The molecular formula is C47H79N17O17. The standard InChI is InChI=1S/C47H79N17O17/c1-21(2)16-28(57-35(70)19-55-38(72)25(11-12-32(49)67)58-41(75)30-9-6-14-63(30)44(78)24(48)8-5-13-54-47(52)53)45(79)64-15-7-10-31(64)42(76)60-26(17-33(50)68)39(73)59-27(18-34(51)69)40(74)62-36(23(4)66)43(77)56-22(3)37(71)61-29(20-65)46(80)81/h21-31,36,65-66H,5-20,48H2,1-4H3,(H2,49,67)(H2,50,68)(H2,51,69)(H,55,72)(H,56,77)(H,57,70)(H,58,75)(H,59,73)(H,60,76)(H,61,71)(H,62,74)(H,80,81)(H4,52,53,54)/t22-,23+,24-,25-,26-,27-,28-,29-,30-,31-,36-/m0/s1. The Morgan fingerprint density at radius 2 is 1.11 bits per heavy atom. The van der Waals surface area contributed by atoms with Crippen LogP contribution in [0.15, 0.2) is 4.99 Å². The van der Waals surface area contributed by atoms with E-state index in [0.717, 1.165) is 18.7 Å². The molecule has 0 bridgehead atoms. The summed E-state index contributed by atoms with van der Waals surface area (Å²) < 4.78 is 0. The highest BCUT2D eigenvalue weighted by atomic mass is 16.4. The highest BCUT2D eigenvalue weighted by Crippen LogP contribution is 2.22. The molecule has 0 radical (unpaired) electrons. The van der Waals surface area contributed by atoms with Gasteiger partial charge in [0.15, 0.2) is 5.96 Å². The topological polar surface area (TPSA) is 571 Å². The lowest BCUT2D eigenvalue weighted by molar-refractivity contribution is -0.143. The highest BCUT2D eigenvalue weighted by Gasteiger charge is 2.42. The van der Waals surface area contributed by atoms with Crippen LogP contribution in [0.3, 0.4) is 0 Å². The van der Waals surface area contributed by atoms with Crippen LogP contribution < -0.4 is 76.9 Å². The summed E-state index contributed by atoms with van der Waals surface area (Å²) in [7, 11) is 0. The fourth-order valence-corrected chi connectivity index (χ4v) is 8.59. The smallest absolute Gasteiger partial charge is 0.328 e. The predicted octanol–water partition coefficient (Wildman–Crippen LogP) is -9.60. The first-order valence-electron chi connectivity index (χ1n) is 26.1. The Morgan fingerprint density at radius 3 is 1.60 bits per heavy atom. The Hall–Kier alpha value is -8.27. The first-order chi connectivity index (χ1) is 37.9. The summed E-state index contributed by atoms with van der Waals surface area (Å²) >= 11 is 0. The Balaban J connectivity index is 2.22. The van der Waals surface area contributed by atoms with Gasteiger partial charge in [0.2, 0.25) is 76.8 Å². The minimum Gasteiger partial charge on any atom is -0.480 e. The number of likely N-dealkylation sites (tertiary alicyclic amines) is 2. The molecule has 0 spiro atoms. The molecule has 0 aromatic heterocycles. The molecule has 81 heavy (non-hydrogen) atoms. The summed E-state index contributed by atoms with van der Waals surface area (Å²) in [6.45, 7) is 4.28. The van der Waals surface area contributed by atoms with Crippen molar-refractivity contribution in [3.63, 3.8) is 0 Å². The van der Waals surface area contributed by atoms with Crippen LogP contribution in [0.1, 0.15) is 98.3 Å². The maximum atomic E-state index is 14.2. The van der Waals surface area contributed by atoms with Gasteiger partial charge >= 0.3 is 5.97 Å². The first-order valence-corrected chi connectivity index (χ1v) is 26.1. The number of aliphatic carboxylic acids is 1. The van der Waals surface area contributed by atoms with E-state index in [0.29, 0.717) is 12.8 Å². The Bertz CT molecular complexity index is 2350. The fourth-order valence-electron chi connectivity index (χ4n) is 8.59. The molecule has 2 aliphatic heterocycles. The zero-order chi connectivity index (χ0) is 61.4. The van der Waals surface area contributed by atoms with Crippen LogP contribution in [0.4, 0.5) is 0 Å². The van der Waals surface area contributed by atoms with Crippen molar-refractivity contribution in [2.24, 2.45) is 45.3 Å². The van der Waals surface area contributed by atoms with Gasteiger partial charge in [-0.3, -0.25) is 67.3 Å². The van der Waals surface area contributed by atoms with Crippen LogP contribution in [0.5, 0.6) is 0 Å². The third kappa shape index (κ3) is 23.2. The average molecular weight is 1150 g/mol. The van der Waals surface area contributed by atoms with E-state index in [1.165, 1.54) is 4.90 Å². The molecule has 0 aromatic rings. The number of carboxylic acid groups (broad SMARTS) is 1. The number of aliphatic imine (C=N–C) groups is 1. The molecule has 0 aliphatic carbocycles. The number of carbonyl (C=O) groups is 14. The number of carbonyl (C=O) groups excluding carboxylic acids is 13. The predicted molar refractivity (Wildman–Crippen MR) is 281 cm³/mol. The molecule has 0 saturated carbocycles. The SMILES string of the molecule is CC(C)C[C@H](NC(=O)CNC(=O)[C@H](CCC(N)=O)NC(=O)[C@@H]1CCCN1C(=O)[C@@H](N)CCCN=C(N)N)C(=O)N1CCC[C@H]1C(=O)N[C@@H](CC(N)=O)C(=O)N[C@@H](CC(N)=O)C(=O)N[C@H](C(=O)N[C@@H](C)C(=O)N[C@@H](CO)C(=O)O)[C@@H](C)O. The molecule has 2 saturated heterocycles. The Morgan fingerprint density at radius 1 is 0.593 bits per heavy atom. The second-order valence-corrected chi connectivity index (χ2v) is 20.0. The number of primary amides is 3. The number of nitrogens with two attached hydrogens (primary N) is 6. The molecule has 2 fully saturated rings. The van der Waals surface area contributed by atoms with Gasteiger partial charge in [0, 0.05) is 26.1 Å². The molecular weight excluding hydrogens is 1070 g/mol. The van der Waals surface area contributed by atoms with E-state index in [2.05, 4.69) is 42.2 Å². The van der Waals surface area contributed by atoms with Gasteiger partial charge in [-0.2, -0.15) is 0 Å². The molecule has 13 amide bonds. The van der Waals surface area contributed by atoms with Crippen molar-refractivity contribution in [1.82, 2.24) is 52.3 Å². The summed E-state index contributed by atoms with van der Waals surface area (Å²) in [6.07, 6.45) is -2.69. The maximum absolute atomic E-state index is 14.2. The minimum absolute atomic E-state index is 0.0108. The molecule has 0 aromatic carbocycles. The lowest BCUT2D eigenvalue weighted by Gasteiger charge is -2.31. The number of hydrogen-bond donors (Lipinski definition) is 17. The fraction of sp³-hybridized carbons (Fsp3) is 0.681. The van der Waals surface area contributed by atoms with Gasteiger partial charge in [0.25, 0.3) is 0 Å². The number of amides is 13. The first kappa shape index (κ1) is 68.8. The number of carboxylic acids is 1. The van der Waals surface area contributed by atoms with E-state index in [1.54, 1.807) is 13.8 Å². The molecule has 2 aliphatic rings. The Kier molecular flexibility index (Phi) is 28.3. The molecule has 23 N–H and O–H groups in total. The second kappa shape index (κ2) is 33.4. The molecule has 0 unspecified atom stereocenters. The van der Waals surface area contributed by atoms with E-state index < -0.39 is 175 Å². The van der Waals surface area contributed by atoms with Crippen molar-refractivity contribution >= 4 is 88.7 Å². The van der Waals surface area contributed by atoms with Crippen molar-refractivity contribution < 1.29 is 82.4 Å². The second-order valence-electron chi connectivity index (χ2n) is 20.0. The third-order valence-electron chi connectivity index (χ3n) is 12.7. The molecule has 34 nitrogen and oxygen atoms in total. The number of aliphatic hydroxyl groups excluding tert-OH is 2. The molecule has 454 valence electrons. The minimum atomic E-state index is -1.95. The van der Waals surface area contributed by atoms with E-state index in [1.807, 2.05) is 5.32 Å². The summed E-state index contributed by atoms with van der Waals surface area (Å²) in [5.74, 6) is -14.8. The highest BCUT2D eigenvalue weighted by molar-refractivity contribution is 6.00. The largest absolute Gasteiger partial charge is 0.480 e. The van der Waals surface area contributed by atoms with E-state index >= 15 is 0 Å². The zero-order valence-corrected chi connectivity index (χ0v) is 45.6. The third-order valence-corrected chi connectivity index (χ3v) is 12.7. The summed E-state index contributed by atoms with van der Waals surface area (Å²) in [5.41, 5.74) is 32.9. The van der Waals surface area contributed by atoms with Gasteiger partial charge in [0.1, 0.15) is 54.4 Å². The van der Waals surface area contributed by atoms with E-state index in [9.17, 15) is 77.3 Å². The van der Waals surface area contributed by atoms with Crippen LogP contribution in [0.2, 0.25) is 0 Å². The lowest BCUT2D eigenvalue weighted by atomic mass is 10.0. The van der Waals surface area contributed by atoms with Crippen LogP contribution in [0.25, 0.3) is 0 Å². The molecule has 34 heteroatoms. The van der Waals surface area contributed by atoms with Crippen molar-refractivity contribution in [2.75, 3.05) is 32.8 Å². The lowest BCUT2D eigenvalue weighted by Crippen LogP contribution is -2.62. The summed E-state index contributed by atoms with van der Waals surface area (Å²) in [4.78, 5) is 188. The number of hydrogen-bond acceptors (Lipinski definition) is 18. The van der Waals surface area contributed by atoms with Gasteiger partial charge in [-0.1, -0.05) is 13.8 Å². The number of nitrogens with one attached hydrogen (secondary N) is 8. The number of rotatable bonds is 34. The summed E-state index contributed by atoms with van der Waals surface area (Å²) in [6, 6.07) is -15.0. The number of guanidine groups is 1. The van der Waals surface area contributed by atoms with Crippen molar-refractivity contribution in [3.8, 4) is 0 Å². The van der Waals surface area contributed by atoms with E-state index in [-0.39, 0.29) is 76.5 Å². The van der Waals surface area contributed by atoms with Gasteiger partial charge < -0.3 is 102 Å². The zero-order valence-electron chi connectivity index (χ0n) is 45.6. The van der Waals surface area contributed by atoms with Crippen molar-refractivity contribution in [3.05, 3.63) is 0 Å². The maximum Gasteiger partial charge on any atom is 0.328 e. The van der Waals surface area contributed by atoms with Crippen LogP contribution in [-0.2, 0) is 67.1 Å². The normalized spacial score (nSPS) is 18.1. The number of nitrogens with zero attached hydrogens (tertiary/aromatic N) is 3. The van der Waals surface area contributed by atoms with Crippen LogP contribution in [0, 0.1) is 5.92 Å².